The average molecular weight is 173 g/mol. The van der Waals surface area contributed by atoms with Crippen molar-refractivity contribution in [2.45, 2.75) is 39.7 Å². The van der Waals surface area contributed by atoms with Gasteiger partial charge in [-0.3, -0.25) is 0 Å². The van der Waals surface area contributed by atoms with Crippen LogP contribution >= 0.6 is 0 Å². The molecule has 74 valence electrons. The van der Waals surface area contributed by atoms with Crippen molar-refractivity contribution < 1.29 is 4.74 Å². The molecule has 0 aromatic rings. The van der Waals surface area contributed by atoms with E-state index in [0.717, 1.165) is 13.0 Å². The third-order valence-electron chi connectivity index (χ3n) is 2.24. The first kappa shape index (κ1) is 11.9. The number of hydrogen-bond acceptors (Lipinski definition) is 2. The Labute approximate surface area is 76.7 Å². The molecule has 1 unspecified atom stereocenters. The van der Waals surface area contributed by atoms with E-state index in [2.05, 4.69) is 26.1 Å². The van der Waals surface area contributed by atoms with Crippen molar-refractivity contribution in [1.82, 2.24) is 5.32 Å². The normalized spacial score (nSPS) is 14.8. The van der Waals surface area contributed by atoms with Crippen LogP contribution in [-0.2, 0) is 4.74 Å². The lowest BCUT2D eigenvalue weighted by molar-refractivity contribution is 0.176. The lowest BCUT2D eigenvalue weighted by atomic mass is 9.84. The van der Waals surface area contributed by atoms with Gasteiger partial charge in [0.1, 0.15) is 0 Å². The van der Waals surface area contributed by atoms with Crippen LogP contribution in [0.4, 0.5) is 0 Å². The van der Waals surface area contributed by atoms with Crippen LogP contribution < -0.4 is 5.32 Å². The molecule has 1 atom stereocenters. The van der Waals surface area contributed by atoms with Gasteiger partial charge in [-0.2, -0.15) is 0 Å². The van der Waals surface area contributed by atoms with Crippen molar-refractivity contribution in [2.75, 3.05) is 20.8 Å². The Bertz CT molecular complexity index is 107. The van der Waals surface area contributed by atoms with Gasteiger partial charge in [-0.25, -0.2) is 0 Å². The molecule has 0 aliphatic rings. The third kappa shape index (κ3) is 4.73. The molecule has 0 aromatic heterocycles. The van der Waals surface area contributed by atoms with Crippen LogP contribution in [0.3, 0.4) is 0 Å². The van der Waals surface area contributed by atoms with Crippen molar-refractivity contribution in [3.63, 3.8) is 0 Å². The second-order valence-corrected chi connectivity index (χ2v) is 4.34. The van der Waals surface area contributed by atoms with Gasteiger partial charge in [0, 0.05) is 19.8 Å². The summed E-state index contributed by atoms with van der Waals surface area (Å²) in [5.74, 6) is 0. The molecular formula is C10H23NO. The number of hydrogen-bond donors (Lipinski definition) is 1. The summed E-state index contributed by atoms with van der Waals surface area (Å²) in [5, 5.41) is 3.35. The summed E-state index contributed by atoms with van der Waals surface area (Å²) < 4.78 is 5.02. The summed E-state index contributed by atoms with van der Waals surface area (Å²) >= 11 is 0. The first-order valence-electron chi connectivity index (χ1n) is 4.68. The Morgan fingerprint density at radius 1 is 1.33 bits per heavy atom. The van der Waals surface area contributed by atoms with Gasteiger partial charge in [0.15, 0.2) is 0 Å². The molecule has 2 nitrogen and oxygen atoms in total. The molecule has 0 saturated carbocycles. The quantitative estimate of drug-likeness (QED) is 0.642. The standard InChI is InChI=1S/C10H23NO/c1-10(2,3)9(11-4)7-6-8-12-5/h9,11H,6-8H2,1-5H3. The summed E-state index contributed by atoms with van der Waals surface area (Å²) in [6, 6.07) is 0.590. The van der Waals surface area contributed by atoms with Crippen molar-refractivity contribution in [3.05, 3.63) is 0 Å². The van der Waals surface area contributed by atoms with E-state index in [1.54, 1.807) is 7.11 Å². The topological polar surface area (TPSA) is 21.3 Å². The lowest BCUT2D eigenvalue weighted by Gasteiger charge is -2.30. The second kappa shape index (κ2) is 5.55. The lowest BCUT2D eigenvalue weighted by Crippen LogP contribution is -2.38. The highest BCUT2D eigenvalue weighted by Crippen LogP contribution is 2.22. The van der Waals surface area contributed by atoms with Crippen LogP contribution in [-0.4, -0.2) is 26.8 Å². The molecule has 0 spiro atoms. The summed E-state index contributed by atoms with van der Waals surface area (Å²) in [7, 11) is 3.79. The Morgan fingerprint density at radius 3 is 2.25 bits per heavy atom. The largest absolute Gasteiger partial charge is 0.385 e. The summed E-state index contributed by atoms with van der Waals surface area (Å²) in [5.41, 5.74) is 0.350. The van der Waals surface area contributed by atoms with E-state index >= 15 is 0 Å². The minimum atomic E-state index is 0.350. The molecule has 1 N–H and O–H groups in total. The van der Waals surface area contributed by atoms with E-state index in [1.807, 2.05) is 7.05 Å². The Kier molecular flexibility index (Phi) is 5.51. The maximum absolute atomic E-state index is 5.02. The molecule has 0 heterocycles. The molecule has 0 saturated heterocycles. The smallest absolute Gasteiger partial charge is 0.0462 e. The van der Waals surface area contributed by atoms with E-state index in [-0.39, 0.29) is 0 Å². The number of rotatable bonds is 5. The minimum Gasteiger partial charge on any atom is -0.385 e. The fraction of sp³-hybridized carbons (Fsp3) is 1.00. The van der Waals surface area contributed by atoms with E-state index in [4.69, 9.17) is 4.74 Å². The molecule has 0 amide bonds. The molecule has 12 heavy (non-hydrogen) atoms. The van der Waals surface area contributed by atoms with E-state index < -0.39 is 0 Å². The molecule has 0 aromatic carbocycles. The van der Waals surface area contributed by atoms with Gasteiger partial charge in [-0.15, -0.1) is 0 Å². The predicted octanol–water partition coefficient (Wildman–Crippen LogP) is 2.05. The van der Waals surface area contributed by atoms with Crippen molar-refractivity contribution >= 4 is 0 Å². The third-order valence-corrected chi connectivity index (χ3v) is 2.24. The van der Waals surface area contributed by atoms with E-state index in [0.29, 0.717) is 11.5 Å². The van der Waals surface area contributed by atoms with Gasteiger partial charge >= 0.3 is 0 Å². The van der Waals surface area contributed by atoms with Gasteiger partial charge < -0.3 is 10.1 Å². The van der Waals surface area contributed by atoms with Crippen LogP contribution in [0, 0.1) is 5.41 Å². The highest BCUT2D eigenvalue weighted by Gasteiger charge is 2.21. The SMILES string of the molecule is CNC(CCCOC)C(C)(C)C. The predicted molar refractivity (Wildman–Crippen MR) is 53.4 cm³/mol. The molecule has 0 rings (SSSR count). The van der Waals surface area contributed by atoms with Crippen LogP contribution in [0.5, 0.6) is 0 Å². The highest BCUT2D eigenvalue weighted by atomic mass is 16.5. The maximum atomic E-state index is 5.02. The fourth-order valence-electron chi connectivity index (χ4n) is 1.44. The molecule has 0 fully saturated rings. The van der Waals surface area contributed by atoms with Crippen LogP contribution in [0.1, 0.15) is 33.6 Å². The van der Waals surface area contributed by atoms with Gasteiger partial charge in [-0.05, 0) is 25.3 Å². The molecule has 0 radical (unpaired) electrons. The van der Waals surface area contributed by atoms with Gasteiger partial charge in [0.2, 0.25) is 0 Å². The summed E-state index contributed by atoms with van der Waals surface area (Å²) in [4.78, 5) is 0. The van der Waals surface area contributed by atoms with E-state index in [1.165, 1.54) is 6.42 Å². The maximum Gasteiger partial charge on any atom is 0.0462 e. The van der Waals surface area contributed by atoms with Crippen molar-refractivity contribution in [2.24, 2.45) is 5.41 Å². The zero-order valence-electron chi connectivity index (χ0n) is 9.11. The molecule has 0 aliphatic carbocycles. The molecule has 2 heteroatoms. The zero-order chi connectivity index (χ0) is 9.61. The molecule has 0 bridgehead atoms. The first-order chi connectivity index (χ1) is 5.52. The summed E-state index contributed by atoms with van der Waals surface area (Å²) in [6.45, 7) is 7.66. The fourth-order valence-corrected chi connectivity index (χ4v) is 1.44. The van der Waals surface area contributed by atoms with Crippen molar-refractivity contribution in [1.29, 1.82) is 0 Å². The zero-order valence-corrected chi connectivity index (χ0v) is 9.11. The molecular weight excluding hydrogens is 150 g/mol. The minimum absolute atomic E-state index is 0.350. The van der Waals surface area contributed by atoms with Crippen molar-refractivity contribution in [3.8, 4) is 0 Å². The van der Waals surface area contributed by atoms with Crippen LogP contribution in [0.25, 0.3) is 0 Å². The van der Waals surface area contributed by atoms with E-state index in [9.17, 15) is 0 Å². The Hall–Kier alpha value is -0.0800. The second-order valence-electron chi connectivity index (χ2n) is 4.34. The average Bonchev–Trinajstić information content (AvgIpc) is 1.95. The highest BCUT2D eigenvalue weighted by molar-refractivity contribution is 4.78. The monoisotopic (exact) mass is 173 g/mol. The van der Waals surface area contributed by atoms with Gasteiger partial charge in [-0.1, -0.05) is 20.8 Å². The number of methoxy groups -OCH3 is 1. The Morgan fingerprint density at radius 2 is 1.92 bits per heavy atom. The van der Waals surface area contributed by atoms with Gasteiger partial charge in [0.05, 0.1) is 0 Å². The molecule has 0 aliphatic heterocycles. The van der Waals surface area contributed by atoms with Crippen LogP contribution in [0.15, 0.2) is 0 Å². The first-order valence-corrected chi connectivity index (χ1v) is 4.68. The number of ether oxygens (including phenoxy) is 1. The van der Waals surface area contributed by atoms with Crippen LogP contribution in [0.2, 0.25) is 0 Å². The summed E-state index contributed by atoms with van der Waals surface area (Å²) in [6.07, 6.45) is 2.33. The Balaban J connectivity index is 3.68. The number of nitrogens with one attached hydrogen (secondary N) is 1. The van der Waals surface area contributed by atoms with Gasteiger partial charge in [0.25, 0.3) is 0 Å².